The van der Waals surface area contributed by atoms with Crippen molar-refractivity contribution < 1.29 is 13.9 Å². The van der Waals surface area contributed by atoms with Crippen LogP contribution in [0.4, 0.5) is 21.6 Å². The molecule has 3 aromatic carbocycles. The number of nitrogens with one attached hydrogen (secondary N) is 2. The molecule has 4 rings (SSSR count). The number of rotatable bonds is 12. The van der Waals surface area contributed by atoms with Crippen LogP contribution in [-0.2, 0) is 11.3 Å². The molecular formula is C32H30ClFN4O2. The normalized spacial score (nSPS) is 10.4. The monoisotopic (exact) mass is 556 g/mol. The van der Waals surface area contributed by atoms with Crippen LogP contribution in [0.3, 0.4) is 0 Å². The molecule has 0 amide bonds. The summed E-state index contributed by atoms with van der Waals surface area (Å²) in [5.74, 6) is 7.04. The van der Waals surface area contributed by atoms with E-state index in [0.717, 1.165) is 36.4 Å². The number of anilines is 3. The van der Waals surface area contributed by atoms with E-state index in [4.69, 9.17) is 21.1 Å². The van der Waals surface area contributed by atoms with E-state index in [1.165, 1.54) is 18.5 Å². The van der Waals surface area contributed by atoms with Gasteiger partial charge in [0, 0.05) is 35.4 Å². The van der Waals surface area contributed by atoms with Crippen LogP contribution in [0.5, 0.6) is 5.75 Å². The standard InChI is InChI=1S/C32H30ClFN4O2/c1-3-4-15-39-20-23(2)37-28-10-6-7-24(17-28)11-12-26-19-35-22-36-32(26)38-29-13-14-31(30(33)18-29)40-21-25-8-5-9-27(34)16-25/h5-10,13-14,16-19,22,37H,2-4,15,20-21H2,1H3,(H,35,36,38). The van der Waals surface area contributed by atoms with E-state index in [9.17, 15) is 4.39 Å². The Morgan fingerprint density at radius 2 is 1.93 bits per heavy atom. The number of unbranched alkanes of at least 4 members (excludes halogenated alkanes) is 1. The summed E-state index contributed by atoms with van der Waals surface area (Å²) in [5.41, 5.74) is 4.53. The van der Waals surface area contributed by atoms with Gasteiger partial charge >= 0.3 is 0 Å². The van der Waals surface area contributed by atoms with Crippen molar-refractivity contribution in [1.29, 1.82) is 0 Å². The van der Waals surface area contributed by atoms with Gasteiger partial charge in [0.25, 0.3) is 0 Å². The molecule has 0 aliphatic carbocycles. The highest BCUT2D eigenvalue weighted by molar-refractivity contribution is 6.32. The summed E-state index contributed by atoms with van der Waals surface area (Å²) in [6.45, 7) is 7.54. The van der Waals surface area contributed by atoms with Gasteiger partial charge in [-0.2, -0.15) is 0 Å². The average molecular weight is 557 g/mol. The quantitative estimate of drug-likeness (QED) is 0.137. The molecule has 4 aromatic rings. The van der Waals surface area contributed by atoms with Gasteiger partial charge in [-0.15, -0.1) is 0 Å². The highest BCUT2D eigenvalue weighted by Crippen LogP contribution is 2.30. The molecule has 2 N–H and O–H groups in total. The first-order valence-corrected chi connectivity index (χ1v) is 13.3. The minimum atomic E-state index is -0.311. The summed E-state index contributed by atoms with van der Waals surface area (Å²) in [4.78, 5) is 8.47. The molecule has 0 bridgehead atoms. The Morgan fingerprint density at radius 3 is 2.75 bits per heavy atom. The van der Waals surface area contributed by atoms with Gasteiger partial charge < -0.3 is 20.1 Å². The van der Waals surface area contributed by atoms with Gasteiger partial charge in [-0.05, 0) is 60.5 Å². The lowest BCUT2D eigenvalue weighted by atomic mass is 10.2. The molecule has 0 spiro atoms. The Kier molecular flexibility index (Phi) is 10.5. The van der Waals surface area contributed by atoms with Crippen LogP contribution in [-0.4, -0.2) is 23.2 Å². The maximum atomic E-state index is 13.4. The second-order valence-corrected chi connectivity index (χ2v) is 9.35. The Balaban J connectivity index is 1.40. The molecule has 0 radical (unpaired) electrons. The van der Waals surface area contributed by atoms with Gasteiger partial charge in [-0.25, -0.2) is 14.4 Å². The number of nitrogens with zero attached hydrogens (tertiary/aromatic N) is 2. The number of benzene rings is 3. The highest BCUT2D eigenvalue weighted by Gasteiger charge is 2.08. The molecule has 204 valence electrons. The lowest BCUT2D eigenvalue weighted by Crippen LogP contribution is -2.07. The fourth-order valence-electron chi connectivity index (χ4n) is 3.64. The molecule has 0 saturated heterocycles. The topological polar surface area (TPSA) is 68.3 Å². The molecule has 0 saturated carbocycles. The van der Waals surface area contributed by atoms with Crippen molar-refractivity contribution in [2.45, 2.75) is 26.4 Å². The lowest BCUT2D eigenvalue weighted by molar-refractivity contribution is 0.153. The first-order chi connectivity index (χ1) is 19.5. The summed E-state index contributed by atoms with van der Waals surface area (Å²) in [6.07, 6.45) is 5.23. The molecule has 40 heavy (non-hydrogen) atoms. The molecular weight excluding hydrogens is 527 g/mol. The van der Waals surface area contributed by atoms with Crippen molar-refractivity contribution in [2.75, 3.05) is 23.8 Å². The second kappa shape index (κ2) is 14.7. The zero-order valence-corrected chi connectivity index (χ0v) is 23.0. The van der Waals surface area contributed by atoms with Crippen molar-refractivity contribution in [3.8, 4) is 17.6 Å². The minimum absolute atomic E-state index is 0.202. The number of halogens is 2. The highest BCUT2D eigenvalue weighted by atomic mass is 35.5. The molecule has 0 aliphatic rings. The van der Waals surface area contributed by atoms with Gasteiger partial charge in [0.1, 0.15) is 30.3 Å². The Hall–Kier alpha value is -4.38. The Morgan fingerprint density at radius 1 is 1.05 bits per heavy atom. The van der Waals surface area contributed by atoms with E-state index < -0.39 is 0 Å². The van der Waals surface area contributed by atoms with Crippen LogP contribution >= 0.6 is 11.6 Å². The summed E-state index contributed by atoms with van der Waals surface area (Å²) in [7, 11) is 0. The third-order valence-electron chi connectivity index (χ3n) is 5.63. The third kappa shape index (κ3) is 8.84. The number of ether oxygens (including phenoxy) is 2. The van der Waals surface area contributed by atoms with Crippen LogP contribution in [0.15, 0.2) is 91.5 Å². The summed E-state index contributed by atoms with van der Waals surface area (Å²) in [6, 6.07) is 19.3. The first-order valence-electron chi connectivity index (χ1n) is 12.9. The van der Waals surface area contributed by atoms with E-state index >= 15 is 0 Å². The molecule has 1 heterocycles. The Bertz CT molecular complexity index is 1520. The third-order valence-corrected chi connectivity index (χ3v) is 5.93. The summed E-state index contributed by atoms with van der Waals surface area (Å²) < 4.78 is 24.8. The van der Waals surface area contributed by atoms with E-state index in [0.29, 0.717) is 40.0 Å². The van der Waals surface area contributed by atoms with Gasteiger partial charge in [-0.3, -0.25) is 0 Å². The number of hydrogen-bond acceptors (Lipinski definition) is 6. The molecule has 0 atom stereocenters. The molecule has 1 aromatic heterocycles. The van der Waals surface area contributed by atoms with Crippen LogP contribution in [0.2, 0.25) is 5.02 Å². The van der Waals surface area contributed by atoms with Crippen LogP contribution in [0.1, 0.15) is 36.5 Å². The fourth-order valence-corrected chi connectivity index (χ4v) is 3.87. The smallest absolute Gasteiger partial charge is 0.149 e. The van der Waals surface area contributed by atoms with Gasteiger partial charge in [0.15, 0.2) is 0 Å². The van der Waals surface area contributed by atoms with Crippen molar-refractivity contribution in [3.63, 3.8) is 0 Å². The van der Waals surface area contributed by atoms with Crippen LogP contribution in [0.25, 0.3) is 0 Å². The SMILES string of the molecule is C=C(COCCCC)Nc1cccc(C#Cc2cncnc2Nc2ccc(OCc3cccc(F)c3)c(Cl)c2)c1. The molecule has 0 fully saturated rings. The average Bonchev–Trinajstić information content (AvgIpc) is 2.95. The van der Waals surface area contributed by atoms with Crippen molar-refractivity contribution in [1.82, 2.24) is 9.97 Å². The van der Waals surface area contributed by atoms with Crippen molar-refractivity contribution in [2.24, 2.45) is 0 Å². The number of hydrogen-bond donors (Lipinski definition) is 2. The van der Waals surface area contributed by atoms with Crippen LogP contribution in [0, 0.1) is 17.7 Å². The zero-order chi connectivity index (χ0) is 28.2. The number of aromatic nitrogens is 2. The van der Waals surface area contributed by atoms with E-state index in [1.807, 2.05) is 30.3 Å². The van der Waals surface area contributed by atoms with Crippen molar-refractivity contribution >= 4 is 28.8 Å². The molecule has 6 nitrogen and oxygen atoms in total. The second-order valence-electron chi connectivity index (χ2n) is 8.94. The van der Waals surface area contributed by atoms with E-state index in [-0.39, 0.29) is 12.4 Å². The zero-order valence-electron chi connectivity index (χ0n) is 22.2. The first kappa shape index (κ1) is 28.6. The molecule has 0 unspecified atom stereocenters. The van der Waals surface area contributed by atoms with Crippen LogP contribution < -0.4 is 15.4 Å². The van der Waals surface area contributed by atoms with E-state index in [2.05, 4.69) is 45.9 Å². The molecule has 8 heteroatoms. The maximum Gasteiger partial charge on any atom is 0.149 e. The van der Waals surface area contributed by atoms with Gasteiger partial charge in [0.2, 0.25) is 0 Å². The predicted molar refractivity (Wildman–Crippen MR) is 158 cm³/mol. The van der Waals surface area contributed by atoms with E-state index in [1.54, 1.807) is 30.5 Å². The van der Waals surface area contributed by atoms with Crippen molar-refractivity contribution in [3.05, 3.63) is 119 Å². The molecule has 0 aliphatic heterocycles. The summed E-state index contributed by atoms with van der Waals surface area (Å²) in [5, 5.41) is 6.92. The maximum absolute atomic E-state index is 13.4. The fraction of sp³-hybridized carbons (Fsp3) is 0.188. The minimum Gasteiger partial charge on any atom is -0.487 e. The largest absolute Gasteiger partial charge is 0.487 e. The van der Waals surface area contributed by atoms with Gasteiger partial charge in [0.05, 0.1) is 17.2 Å². The van der Waals surface area contributed by atoms with Gasteiger partial charge in [-0.1, -0.05) is 61.6 Å². The Labute approximate surface area is 239 Å². The lowest BCUT2D eigenvalue weighted by Gasteiger charge is -2.11. The predicted octanol–water partition coefficient (Wildman–Crippen LogP) is 7.73. The summed E-state index contributed by atoms with van der Waals surface area (Å²) >= 11 is 6.45.